The number of nitrogens with zero attached hydrogens (tertiary/aromatic N) is 3. The quantitative estimate of drug-likeness (QED) is 0.775. The van der Waals surface area contributed by atoms with E-state index in [1.807, 2.05) is 13.8 Å². The molecular formula is C18H23N5O3. The van der Waals surface area contributed by atoms with Crippen LogP contribution in [0.3, 0.4) is 0 Å². The van der Waals surface area contributed by atoms with Gasteiger partial charge in [0.15, 0.2) is 5.78 Å². The van der Waals surface area contributed by atoms with Gasteiger partial charge in [-0.05, 0) is 38.0 Å². The van der Waals surface area contributed by atoms with E-state index in [2.05, 4.69) is 20.9 Å². The molecule has 0 fully saturated rings. The van der Waals surface area contributed by atoms with E-state index in [1.165, 1.54) is 0 Å². The molecule has 0 saturated heterocycles. The second-order valence-corrected chi connectivity index (χ2v) is 6.62. The van der Waals surface area contributed by atoms with Crippen LogP contribution < -0.4 is 15.4 Å². The monoisotopic (exact) mass is 357 g/mol. The molecule has 0 bridgehead atoms. The predicted octanol–water partition coefficient (Wildman–Crippen LogP) is 2.62. The van der Waals surface area contributed by atoms with Gasteiger partial charge in [0.1, 0.15) is 11.4 Å². The van der Waals surface area contributed by atoms with Crippen molar-refractivity contribution in [3.8, 4) is 5.75 Å². The molecule has 1 atom stereocenters. The van der Waals surface area contributed by atoms with Crippen molar-refractivity contribution in [2.75, 3.05) is 11.9 Å². The lowest BCUT2D eigenvalue weighted by molar-refractivity contribution is 0.0499. The molecule has 8 heteroatoms. The van der Waals surface area contributed by atoms with Crippen LogP contribution >= 0.6 is 0 Å². The first-order chi connectivity index (χ1) is 12.5. The van der Waals surface area contributed by atoms with E-state index in [1.54, 1.807) is 35.3 Å². The number of rotatable bonds is 6. The number of ether oxygens (including phenoxy) is 1. The van der Waals surface area contributed by atoms with Crippen molar-refractivity contribution in [1.82, 2.24) is 20.3 Å². The highest BCUT2D eigenvalue weighted by Gasteiger charge is 2.35. The van der Waals surface area contributed by atoms with E-state index in [0.29, 0.717) is 36.5 Å². The molecule has 0 radical (unpaired) electrons. The number of carbonyl (C=O) groups excluding carboxylic acids is 2. The van der Waals surface area contributed by atoms with Gasteiger partial charge in [-0.3, -0.25) is 9.48 Å². The van der Waals surface area contributed by atoms with Gasteiger partial charge < -0.3 is 15.4 Å². The predicted molar refractivity (Wildman–Crippen MR) is 96.4 cm³/mol. The SMILES string of the molecule is CC[C@@]1(C)CC(=O)c2cc(NC(=O)NCCCn3ccnn3)ccc2O1. The van der Waals surface area contributed by atoms with E-state index >= 15 is 0 Å². The Kier molecular flexibility index (Phi) is 5.20. The molecule has 1 aromatic heterocycles. The zero-order valence-corrected chi connectivity index (χ0v) is 15.0. The van der Waals surface area contributed by atoms with Gasteiger partial charge in [-0.2, -0.15) is 0 Å². The van der Waals surface area contributed by atoms with Crippen molar-refractivity contribution >= 4 is 17.5 Å². The topological polar surface area (TPSA) is 98.1 Å². The molecule has 3 rings (SSSR count). The van der Waals surface area contributed by atoms with Crippen molar-refractivity contribution in [1.29, 1.82) is 0 Å². The zero-order chi connectivity index (χ0) is 18.6. The number of hydrogen-bond acceptors (Lipinski definition) is 5. The summed E-state index contributed by atoms with van der Waals surface area (Å²) in [6, 6.07) is 4.83. The number of fused-ring (bicyclic) bond motifs is 1. The van der Waals surface area contributed by atoms with Crippen LogP contribution in [0.25, 0.3) is 0 Å². The molecule has 0 spiro atoms. The third-order valence-corrected chi connectivity index (χ3v) is 4.50. The molecule has 138 valence electrons. The summed E-state index contributed by atoms with van der Waals surface area (Å²) < 4.78 is 7.66. The summed E-state index contributed by atoms with van der Waals surface area (Å²) in [6.07, 6.45) is 5.23. The summed E-state index contributed by atoms with van der Waals surface area (Å²) in [6.45, 7) is 5.13. The minimum absolute atomic E-state index is 0.0347. The molecule has 2 heterocycles. The van der Waals surface area contributed by atoms with Gasteiger partial charge in [0.05, 0.1) is 18.2 Å². The Bertz CT molecular complexity index is 790. The van der Waals surface area contributed by atoms with Crippen LogP contribution in [0.5, 0.6) is 5.75 Å². The van der Waals surface area contributed by atoms with Crippen molar-refractivity contribution in [3.63, 3.8) is 0 Å². The first-order valence-electron chi connectivity index (χ1n) is 8.74. The number of ketones is 1. The molecule has 1 aliphatic heterocycles. The number of carbonyl (C=O) groups is 2. The van der Waals surface area contributed by atoms with E-state index in [4.69, 9.17) is 4.74 Å². The van der Waals surface area contributed by atoms with Crippen molar-refractivity contribution in [2.24, 2.45) is 0 Å². The Morgan fingerprint density at radius 3 is 3.00 bits per heavy atom. The molecular weight excluding hydrogens is 334 g/mol. The number of urea groups is 1. The fourth-order valence-corrected chi connectivity index (χ4v) is 2.82. The summed E-state index contributed by atoms with van der Waals surface area (Å²) in [7, 11) is 0. The number of hydrogen-bond donors (Lipinski definition) is 2. The standard InChI is InChI=1S/C18H23N5O3/c1-3-18(2)12-15(24)14-11-13(5-6-16(14)26-18)21-17(25)19-7-4-9-23-10-8-20-22-23/h5-6,8,10-11H,3-4,7,9,12H2,1-2H3,(H2,19,21,25)/t18-/m0/s1. The largest absolute Gasteiger partial charge is 0.486 e. The lowest BCUT2D eigenvalue weighted by atomic mass is 9.89. The number of nitrogens with one attached hydrogen (secondary N) is 2. The average molecular weight is 357 g/mol. The van der Waals surface area contributed by atoms with Crippen LogP contribution in [0.1, 0.15) is 43.5 Å². The Morgan fingerprint density at radius 1 is 1.42 bits per heavy atom. The molecule has 1 aromatic carbocycles. The fraction of sp³-hybridized carbons (Fsp3) is 0.444. The van der Waals surface area contributed by atoms with Crippen molar-refractivity contribution in [2.45, 2.75) is 45.3 Å². The second kappa shape index (κ2) is 7.55. The molecule has 2 aromatic rings. The molecule has 1 aliphatic rings. The van der Waals surface area contributed by atoms with Crippen LogP contribution in [0, 0.1) is 0 Å². The first kappa shape index (κ1) is 17.9. The lowest BCUT2D eigenvalue weighted by Gasteiger charge is -2.34. The molecule has 0 aliphatic carbocycles. The maximum atomic E-state index is 12.4. The van der Waals surface area contributed by atoms with Gasteiger partial charge in [-0.25, -0.2) is 4.79 Å². The number of anilines is 1. The molecule has 0 saturated carbocycles. The maximum Gasteiger partial charge on any atom is 0.319 e. The van der Waals surface area contributed by atoms with E-state index in [9.17, 15) is 9.59 Å². The summed E-state index contributed by atoms with van der Waals surface area (Å²) >= 11 is 0. The fourth-order valence-electron chi connectivity index (χ4n) is 2.82. The summed E-state index contributed by atoms with van der Waals surface area (Å²) in [5.41, 5.74) is 0.620. The highest BCUT2D eigenvalue weighted by molar-refractivity contribution is 6.02. The molecule has 2 amide bonds. The first-order valence-corrected chi connectivity index (χ1v) is 8.74. The lowest BCUT2D eigenvalue weighted by Crippen LogP contribution is -2.38. The number of benzene rings is 1. The number of Topliss-reactive ketones (excluding diaryl/α,β-unsaturated/α-hetero) is 1. The zero-order valence-electron chi connectivity index (χ0n) is 15.0. The number of amides is 2. The minimum Gasteiger partial charge on any atom is -0.486 e. The van der Waals surface area contributed by atoms with E-state index in [-0.39, 0.29) is 11.8 Å². The Hall–Kier alpha value is -2.90. The third kappa shape index (κ3) is 4.19. The van der Waals surface area contributed by atoms with Crippen molar-refractivity contribution in [3.05, 3.63) is 36.2 Å². The molecule has 8 nitrogen and oxygen atoms in total. The van der Waals surface area contributed by atoms with Crippen LogP contribution in [0.4, 0.5) is 10.5 Å². The number of aryl methyl sites for hydroxylation is 1. The second-order valence-electron chi connectivity index (χ2n) is 6.62. The average Bonchev–Trinajstić information content (AvgIpc) is 3.13. The third-order valence-electron chi connectivity index (χ3n) is 4.50. The molecule has 26 heavy (non-hydrogen) atoms. The Morgan fingerprint density at radius 2 is 2.27 bits per heavy atom. The maximum absolute atomic E-state index is 12.4. The molecule has 0 unspecified atom stereocenters. The van der Waals surface area contributed by atoms with Gasteiger partial charge in [0, 0.05) is 25.0 Å². The summed E-state index contributed by atoms with van der Waals surface area (Å²) in [5, 5.41) is 13.1. The van der Waals surface area contributed by atoms with Crippen LogP contribution in [-0.2, 0) is 6.54 Å². The van der Waals surface area contributed by atoms with Gasteiger partial charge in [0.25, 0.3) is 0 Å². The van der Waals surface area contributed by atoms with Gasteiger partial charge in [-0.1, -0.05) is 12.1 Å². The van der Waals surface area contributed by atoms with E-state index < -0.39 is 5.60 Å². The highest BCUT2D eigenvalue weighted by atomic mass is 16.5. The molecule has 2 N–H and O–H groups in total. The highest BCUT2D eigenvalue weighted by Crippen LogP contribution is 2.36. The summed E-state index contributed by atoms with van der Waals surface area (Å²) in [5.74, 6) is 0.608. The van der Waals surface area contributed by atoms with Crippen LogP contribution in [-0.4, -0.2) is 39.0 Å². The number of aromatic nitrogens is 3. The normalized spacial score (nSPS) is 18.8. The van der Waals surface area contributed by atoms with Gasteiger partial charge in [-0.15, -0.1) is 5.10 Å². The summed E-state index contributed by atoms with van der Waals surface area (Å²) in [4.78, 5) is 24.4. The van der Waals surface area contributed by atoms with Crippen molar-refractivity contribution < 1.29 is 14.3 Å². The van der Waals surface area contributed by atoms with Gasteiger partial charge >= 0.3 is 6.03 Å². The van der Waals surface area contributed by atoms with Crippen LogP contribution in [0.15, 0.2) is 30.6 Å². The van der Waals surface area contributed by atoms with E-state index in [0.717, 1.165) is 12.8 Å². The van der Waals surface area contributed by atoms with Gasteiger partial charge in [0.2, 0.25) is 0 Å². The Balaban J connectivity index is 1.53. The minimum atomic E-state index is -0.458. The smallest absolute Gasteiger partial charge is 0.319 e. The Labute approximate surface area is 151 Å². The van der Waals surface area contributed by atoms with Crippen LogP contribution in [0.2, 0.25) is 0 Å².